The zero-order chi connectivity index (χ0) is 25.3. The van der Waals surface area contributed by atoms with E-state index in [0.29, 0.717) is 6.92 Å². The van der Waals surface area contributed by atoms with Gasteiger partial charge in [-0.15, -0.1) is 0 Å². The molecule has 31 heavy (non-hydrogen) atoms. The number of carbonyl (C=O) groups is 2. The fourth-order valence-corrected chi connectivity index (χ4v) is 1.31. The van der Waals surface area contributed by atoms with Gasteiger partial charge in [0.05, 0.1) is 0 Å². The van der Waals surface area contributed by atoms with Gasteiger partial charge < -0.3 is 9.47 Å². The Morgan fingerprint density at radius 1 is 0.645 bits per heavy atom. The van der Waals surface area contributed by atoms with Gasteiger partial charge in [-0.1, -0.05) is 0 Å². The third kappa shape index (κ3) is 6.34. The second-order valence-electron chi connectivity index (χ2n) is 5.56. The van der Waals surface area contributed by atoms with Crippen molar-refractivity contribution in [3.63, 3.8) is 0 Å². The van der Waals surface area contributed by atoms with Crippen molar-refractivity contribution in [3.05, 3.63) is 11.6 Å². The van der Waals surface area contributed by atoms with E-state index in [2.05, 4.69) is 9.47 Å². The number of ether oxygens (including phenoxy) is 2. The molecule has 0 atom stereocenters. The number of esters is 2. The SMILES string of the molecule is C/C(=C\C(=O)OCC(F)(F)C(F)(F)C(F)(F)F)C(=O)OCC(F)(F)C(F)(F)C(F)(F)F. The van der Waals surface area contributed by atoms with Crippen LogP contribution in [0.3, 0.4) is 0 Å². The smallest absolute Gasteiger partial charge is 0.456 e. The summed E-state index contributed by atoms with van der Waals surface area (Å²) >= 11 is 0. The Hall–Kier alpha value is -2.30. The van der Waals surface area contributed by atoms with E-state index in [9.17, 15) is 71.1 Å². The van der Waals surface area contributed by atoms with E-state index in [4.69, 9.17) is 0 Å². The van der Waals surface area contributed by atoms with Crippen molar-refractivity contribution in [1.82, 2.24) is 0 Å². The minimum Gasteiger partial charge on any atom is -0.456 e. The highest BCUT2D eigenvalue weighted by molar-refractivity contribution is 5.95. The Labute approximate surface area is 161 Å². The molecule has 0 radical (unpaired) electrons. The van der Waals surface area contributed by atoms with Crippen molar-refractivity contribution >= 4 is 11.9 Å². The Kier molecular flexibility index (Phi) is 8.03. The molecule has 0 spiro atoms. The zero-order valence-electron chi connectivity index (χ0n) is 14.4. The number of rotatable bonds is 8. The van der Waals surface area contributed by atoms with Crippen molar-refractivity contribution < 1.29 is 80.5 Å². The maximum Gasteiger partial charge on any atom is 0.460 e. The van der Waals surface area contributed by atoms with E-state index in [1.165, 1.54) is 0 Å². The van der Waals surface area contributed by atoms with Crippen molar-refractivity contribution in [2.45, 2.75) is 43.0 Å². The maximum absolute atomic E-state index is 12.9. The molecule has 0 heterocycles. The summed E-state index contributed by atoms with van der Waals surface area (Å²) < 4.78 is 180. The summed E-state index contributed by atoms with van der Waals surface area (Å²) in [5, 5.41) is 0. The van der Waals surface area contributed by atoms with Gasteiger partial charge in [0.15, 0.2) is 13.2 Å². The van der Waals surface area contributed by atoms with Crippen LogP contribution in [0.15, 0.2) is 11.6 Å². The average Bonchev–Trinajstić information content (AvgIpc) is 2.55. The largest absolute Gasteiger partial charge is 0.460 e. The zero-order valence-corrected chi connectivity index (χ0v) is 14.4. The second-order valence-corrected chi connectivity index (χ2v) is 5.56. The normalized spacial score (nSPS) is 15.0. The van der Waals surface area contributed by atoms with E-state index in [-0.39, 0.29) is 6.08 Å². The summed E-state index contributed by atoms with van der Waals surface area (Å²) in [6, 6.07) is 0. The quantitative estimate of drug-likeness (QED) is 0.280. The van der Waals surface area contributed by atoms with Gasteiger partial charge in [0.2, 0.25) is 0 Å². The molecule has 0 aromatic carbocycles. The van der Waals surface area contributed by atoms with Crippen LogP contribution in [0.5, 0.6) is 0 Å². The summed E-state index contributed by atoms with van der Waals surface area (Å²) in [6.45, 7) is -5.31. The molecule has 0 unspecified atom stereocenters. The van der Waals surface area contributed by atoms with Gasteiger partial charge in [0.1, 0.15) is 0 Å². The van der Waals surface area contributed by atoms with E-state index >= 15 is 0 Å². The van der Waals surface area contributed by atoms with Gasteiger partial charge in [-0.25, -0.2) is 9.59 Å². The molecule has 0 bridgehead atoms. The fraction of sp³-hybridized carbons (Fsp3) is 0.692. The first-order valence-electron chi connectivity index (χ1n) is 7.07. The summed E-state index contributed by atoms with van der Waals surface area (Å²) in [6.07, 6.45) is -13.8. The van der Waals surface area contributed by atoms with Crippen LogP contribution in [0.2, 0.25) is 0 Å². The number of hydrogen-bond acceptors (Lipinski definition) is 4. The molecular weight excluding hydrogens is 486 g/mol. The van der Waals surface area contributed by atoms with Crippen LogP contribution in [0.4, 0.5) is 61.5 Å². The lowest BCUT2D eigenvalue weighted by atomic mass is 10.1. The van der Waals surface area contributed by atoms with E-state index < -0.39 is 66.8 Å². The Bertz CT molecular complexity index is 704. The van der Waals surface area contributed by atoms with Gasteiger partial charge in [-0.05, 0) is 6.92 Å². The van der Waals surface area contributed by atoms with Crippen LogP contribution in [0.25, 0.3) is 0 Å². The average molecular weight is 494 g/mol. The second kappa shape index (κ2) is 8.68. The standard InChI is InChI=1S/C13H8F14O4/c1-5(7(29)31-4-9(16,17)11(20,21)13(25,26)27)2-6(28)30-3-8(14,15)10(18,19)12(22,23)24/h2H,3-4H2,1H3/b5-2+. The molecule has 0 aliphatic heterocycles. The van der Waals surface area contributed by atoms with Crippen molar-refractivity contribution in [2.75, 3.05) is 13.2 Å². The molecule has 0 saturated heterocycles. The van der Waals surface area contributed by atoms with Crippen molar-refractivity contribution in [1.29, 1.82) is 0 Å². The van der Waals surface area contributed by atoms with Crippen LogP contribution in [-0.2, 0) is 19.1 Å². The molecule has 182 valence electrons. The lowest BCUT2D eigenvalue weighted by Gasteiger charge is -2.27. The molecular formula is C13H8F14O4. The minimum absolute atomic E-state index is 0.274. The molecule has 0 amide bonds. The Morgan fingerprint density at radius 3 is 1.29 bits per heavy atom. The lowest BCUT2D eigenvalue weighted by Crippen LogP contribution is -2.54. The summed E-state index contributed by atoms with van der Waals surface area (Å²) in [4.78, 5) is 22.3. The predicted octanol–water partition coefficient (Wildman–Crippen LogP) is 4.68. The number of halogens is 14. The monoisotopic (exact) mass is 494 g/mol. The van der Waals surface area contributed by atoms with Crippen LogP contribution < -0.4 is 0 Å². The molecule has 0 saturated carbocycles. The number of alkyl halides is 14. The van der Waals surface area contributed by atoms with Crippen LogP contribution >= 0.6 is 0 Å². The molecule has 0 rings (SSSR count). The maximum atomic E-state index is 12.9. The number of hydrogen-bond donors (Lipinski definition) is 0. The fourth-order valence-electron chi connectivity index (χ4n) is 1.31. The first kappa shape index (κ1) is 28.7. The van der Waals surface area contributed by atoms with Gasteiger partial charge >= 0.3 is 48.0 Å². The minimum atomic E-state index is -6.75. The Morgan fingerprint density at radius 2 is 0.968 bits per heavy atom. The van der Waals surface area contributed by atoms with E-state index in [1.807, 2.05) is 0 Å². The molecule has 0 aromatic heterocycles. The highest BCUT2D eigenvalue weighted by Gasteiger charge is 2.74. The van der Waals surface area contributed by atoms with Gasteiger partial charge in [-0.3, -0.25) is 0 Å². The topological polar surface area (TPSA) is 52.6 Å². The lowest BCUT2D eigenvalue weighted by molar-refractivity contribution is -0.359. The number of carbonyl (C=O) groups excluding carboxylic acids is 2. The van der Waals surface area contributed by atoms with Crippen LogP contribution in [-0.4, -0.2) is 61.2 Å². The third-order valence-electron chi connectivity index (χ3n) is 3.07. The third-order valence-corrected chi connectivity index (χ3v) is 3.07. The summed E-state index contributed by atoms with van der Waals surface area (Å²) in [5.41, 5.74) is -1.26. The van der Waals surface area contributed by atoms with Crippen molar-refractivity contribution in [3.8, 4) is 0 Å². The summed E-state index contributed by atoms with van der Waals surface area (Å²) in [5.74, 6) is -29.6. The predicted molar refractivity (Wildman–Crippen MR) is 67.6 cm³/mol. The van der Waals surface area contributed by atoms with E-state index in [1.54, 1.807) is 0 Å². The van der Waals surface area contributed by atoms with Gasteiger partial charge in [0.25, 0.3) is 0 Å². The highest BCUT2D eigenvalue weighted by Crippen LogP contribution is 2.47. The van der Waals surface area contributed by atoms with Gasteiger partial charge in [0, 0.05) is 11.6 Å². The molecule has 18 heteroatoms. The first-order chi connectivity index (χ1) is 13.4. The molecule has 4 nitrogen and oxygen atoms in total. The molecule has 0 aliphatic carbocycles. The van der Waals surface area contributed by atoms with Gasteiger partial charge in [-0.2, -0.15) is 61.5 Å². The van der Waals surface area contributed by atoms with Crippen molar-refractivity contribution in [2.24, 2.45) is 0 Å². The molecule has 0 N–H and O–H groups in total. The Balaban J connectivity index is 5.10. The highest BCUT2D eigenvalue weighted by atomic mass is 19.4. The summed E-state index contributed by atoms with van der Waals surface area (Å²) in [7, 11) is 0. The first-order valence-corrected chi connectivity index (χ1v) is 7.07. The van der Waals surface area contributed by atoms with Crippen LogP contribution in [0.1, 0.15) is 6.92 Å². The van der Waals surface area contributed by atoms with E-state index in [0.717, 1.165) is 0 Å². The van der Waals surface area contributed by atoms with Crippen LogP contribution in [0, 0.1) is 0 Å². The molecule has 0 aromatic rings. The molecule has 0 fully saturated rings. The molecule has 0 aliphatic rings.